The zero-order chi connectivity index (χ0) is 12.1. The first-order chi connectivity index (χ1) is 6.81. The van der Waals surface area contributed by atoms with Crippen LogP contribution in [0.5, 0.6) is 0 Å². The second kappa shape index (κ2) is 5.67. The summed E-state index contributed by atoms with van der Waals surface area (Å²) in [5, 5.41) is 11.4. The van der Waals surface area contributed by atoms with E-state index in [4.69, 9.17) is 16.6 Å². The van der Waals surface area contributed by atoms with Crippen LogP contribution in [-0.4, -0.2) is 35.1 Å². The quantitative estimate of drug-likeness (QED) is 0.431. The SMILES string of the molecule is CCCC(C)(N)C(=O)NCC(O)C(N)=O. The number of aliphatic hydroxyl groups excluding tert-OH is 1. The minimum absolute atomic E-state index is 0.204. The van der Waals surface area contributed by atoms with Crippen molar-refractivity contribution in [2.75, 3.05) is 6.54 Å². The fraction of sp³-hybridized carbons (Fsp3) is 0.778. The van der Waals surface area contributed by atoms with E-state index < -0.39 is 23.5 Å². The van der Waals surface area contributed by atoms with E-state index in [0.29, 0.717) is 6.42 Å². The maximum absolute atomic E-state index is 11.5. The lowest BCUT2D eigenvalue weighted by atomic mass is 9.96. The molecular weight excluding hydrogens is 198 g/mol. The van der Waals surface area contributed by atoms with Gasteiger partial charge in [0, 0.05) is 0 Å². The molecule has 0 saturated heterocycles. The van der Waals surface area contributed by atoms with Gasteiger partial charge in [0.25, 0.3) is 0 Å². The number of nitrogens with two attached hydrogens (primary N) is 2. The van der Waals surface area contributed by atoms with E-state index in [-0.39, 0.29) is 6.54 Å². The molecule has 0 heterocycles. The molecule has 2 atom stereocenters. The fourth-order valence-electron chi connectivity index (χ4n) is 1.12. The molecule has 0 spiro atoms. The maximum atomic E-state index is 11.5. The third-order valence-corrected chi connectivity index (χ3v) is 2.07. The molecular formula is C9H19N3O3. The van der Waals surface area contributed by atoms with Gasteiger partial charge < -0.3 is 21.9 Å². The van der Waals surface area contributed by atoms with Crippen LogP contribution in [-0.2, 0) is 9.59 Å². The van der Waals surface area contributed by atoms with Gasteiger partial charge in [-0.2, -0.15) is 0 Å². The lowest BCUT2D eigenvalue weighted by Crippen LogP contribution is -2.53. The van der Waals surface area contributed by atoms with E-state index in [1.807, 2.05) is 6.92 Å². The van der Waals surface area contributed by atoms with Gasteiger partial charge in [-0.05, 0) is 13.3 Å². The summed E-state index contributed by atoms with van der Waals surface area (Å²) < 4.78 is 0. The zero-order valence-corrected chi connectivity index (χ0v) is 9.12. The first kappa shape index (κ1) is 13.9. The van der Waals surface area contributed by atoms with Crippen molar-refractivity contribution in [3.05, 3.63) is 0 Å². The van der Waals surface area contributed by atoms with Gasteiger partial charge in [0.15, 0.2) is 0 Å². The lowest BCUT2D eigenvalue weighted by molar-refractivity contribution is -0.129. The first-order valence-corrected chi connectivity index (χ1v) is 4.85. The Morgan fingerprint density at radius 2 is 2.07 bits per heavy atom. The van der Waals surface area contributed by atoms with E-state index in [1.165, 1.54) is 0 Å². The molecule has 0 aliphatic heterocycles. The number of amides is 2. The van der Waals surface area contributed by atoms with Crippen LogP contribution in [0.3, 0.4) is 0 Å². The molecule has 0 aromatic rings. The molecule has 0 aromatic carbocycles. The van der Waals surface area contributed by atoms with Crippen LogP contribution in [0.2, 0.25) is 0 Å². The van der Waals surface area contributed by atoms with Crippen LogP contribution in [0, 0.1) is 0 Å². The second-order valence-corrected chi connectivity index (χ2v) is 3.80. The zero-order valence-electron chi connectivity index (χ0n) is 9.12. The fourth-order valence-corrected chi connectivity index (χ4v) is 1.12. The Labute approximate surface area is 89.0 Å². The van der Waals surface area contributed by atoms with Gasteiger partial charge in [-0.15, -0.1) is 0 Å². The summed E-state index contributed by atoms with van der Waals surface area (Å²) in [6.07, 6.45) is -0.0593. The summed E-state index contributed by atoms with van der Waals surface area (Å²) in [6, 6.07) is 0. The molecule has 0 saturated carbocycles. The van der Waals surface area contributed by atoms with Crippen molar-refractivity contribution < 1.29 is 14.7 Å². The highest BCUT2D eigenvalue weighted by atomic mass is 16.3. The third kappa shape index (κ3) is 4.75. The molecule has 2 amide bonds. The summed E-state index contributed by atoms with van der Waals surface area (Å²) in [7, 11) is 0. The highest BCUT2D eigenvalue weighted by Crippen LogP contribution is 2.07. The normalized spacial score (nSPS) is 16.5. The van der Waals surface area contributed by atoms with Crippen LogP contribution in [0.4, 0.5) is 0 Å². The van der Waals surface area contributed by atoms with E-state index in [1.54, 1.807) is 6.92 Å². The number of nitrogens with one attached hydrogen (secondary N) is 1. The van der Waals surface area contributed by atoms with Gasteiger partial charge in [-0.25, -0.2) is 0 Å². The molecule has 0 rings (SSSR count). The molecule has 88 valence electrons. The number of carbonyl (C=O) groups is 2. The highest BCUT2D eigenvalue weighted by molar-refractivity contribution is 5.86. The van der Waals surface area contributed by atoms with Gasteiger partial charge >= 0.3 is 0 Å². The number of primary amides is 1. The monoisotopic (exact) mass is 217 g/mol. The van der Waals surface area contributed by atoms with Gasteiger partial charge in [-0.3, -0.25) is 9.59 Å². The highest BCUT2D eigenvalue weighted by Gasteiger charge is 2.27. The molecule has 0 aliphatic carbocycles. The van der Waals surface area contributed by atoms with Gasteiger partial charge in [0.2, 0.25) is 11.8 Å². The predicted molar refractivity (Wildman–Crippen MR) is 55.7 cm³/mol. The van der Waals surface area contributed by atoms with Crippen molar-refractivity contribution in [3.8, 4) is 0 Å². The van der Waals surface area contributed by atoms with Crippen LogP contribution in [0.1, 0.15) is 26.7 Å². The first-order valence-electron chi connectivity index (χ1n) is 4.85. The van der Waals surface area contributed by atoms with Gasteiger partial charge in [-0.1, -0.05) is 13.3 Å². The minimum Gasteiger partial charge on any atom is -0.381 e. The minimum atomic E-state index is -1.37. The molecule has 0 aliphatic rings. The van der Waals surface area contributed by atoms with Crippen LogP contribution >= 0.6 is 0 Å². The Bertz CT molecular complexity index is 241. The summed E-state index contributed by atoms with van der Waals surface area (Å²) in [5.74, 6) is -1.27. The van der Waals surface area contributed by atoms with Gasteiger partial charge in [0.1, 0.15) is 6.10 Å². The Morgan fingerprint density at radius 3 is 2.47 bits per heavy atom. The summed E-state index contributed by atoms with van der Waals surface area (Å²) in [6.45, 7) is 3.31. The summed E-state index contributed by atoms with van der Waals surface area (Å²) in [5.41, 5.74) is 9.56. The molecule has 0 fully saturated rings. The molecule has 0 radical (unpaired) electrons. The van der Waals surface area contributed by atoms with Crippen LogP contribution < -0.4 is 16.8 Å². The summed E-state index contributed by atoms with van der Waals surface area (Å²) >= 11 is 0. The Morgan fingerprint density at radius 1 is 1.53 bits per heavy atom. The van der Waals surface area contributed by atoms with E-state index in [2.05, 4.69) is 5.32 Å². The Kier molecular flexibility index (Phi) is 5.24. The Hall–Kier alpha value is -1.14. The van der Waals surface area contributed by atoms with Crippen LogP contribution in [0.15, 0.2) is 0 Å². The van der Waals surface area contributed by atoms with Crippen molar-refractivity contribution >= 4 is 11.8 Å². The third-order valence-electron chi connectivity index (χ3n) is 2.07. The van der Waals surface area contributed by atoms with E-state index in [9.17, 15) is 9.59 Å². The largest absolute Gasteiger partial charge is 0.381 e. The van der Waals surface area contributed by atoms with Crippen LogP contribution in [0.25, 0.3) is 0 Å². The molecule has 0 aromatic heterocycles. The molecule has 15 heavy (non-hydrogen) atoms. The summed E-state index contributed by atoms with van der Waals surface area (Å²) in [4.78, 5) is 22.0. The standard InChI is InChI=1S/C9H19N3O3/c1-3-4-9(2,11)8(15)12-5-6(13)7(10)14/h6,13H,3-5,11H2,1-2H3,(H2,10,14)(H,12,15). The number of hydrogen-bond donors (Lipinski definition) is 4. The number of rotatable bonds is 6. The van der Waals surface area contributed by atoms with Crippen molar-refractivity contribution in [3.63, 3.8) is 0 Å². The van der Waals surface area contributed by atoms with E-state index in [0.717, 1.165) is 6.42 Å². The number of carbonyl (C=O) groups excluding carboxylic acids is 2. The van der Waals surface area contributed by atoms with Gasteiger partial charge in [0.05, 0.1) is 12.1 Å². The van der Waals surface area contributed by atoms with Crippen molar-refractivity contribution in [1.29, 1.82) is 0 Å². The smallest absolute Gasteiger partial charge is 0.248 e. The lowest BCUT2D eigenvalue weighted by Gasteiger charge is -2.23. The second-order valence-electron chi connectivity index (χ2n) is 3.80. The molecule has 2 unspecified atom stereocenters. The topological polar surface area (TPSA) is 118 Å². The maximum Gasteiger partial charge on any atom is 0.248 e. The molecule has 6 heteroatoms. The molecule has 0 bridgehead atoms. The number of aliphatic hydroxyl groups is 1. The van der Waals surface area contributed by atoms with Crippen molar-refractivity contribution in [2.24, 2.45) is 11.5 Å². The predicted octanol–water partition coefficient (Wildman–Crippen LogP) is -1.53. The molecule has 6 N–H and O–H groups in total. The molecule has 6 nitrogen and oxygen atoms in total. The van der Waals surface area contributed by atoms with E-state index >= 15 is 0 Å². The van der Waals surface area contributed by atoms with Crippen molar-refractivity contribution in [1.82, 2.24) is 5.32 Å². The average molecular weight is 217 g/mol. The average Bonchev–Trinajstić information content (AvgIpc) is 2.13. The van der Waals surface area contributed by atoms with Crippen molar-refractivity contribution in [2.45, 2.75) is 38.3 Å². The number of hydrogen-bond acceptors (Lipinski definition) is 4. The Balaban J connectivity index is 4.08.